The fourth-order valence-corrected chi connectivity index (χ4v) is 19.4. The second-order valence-electron chi connectivity index (χ2n) is 31.9. The summed E-state index contributed by atoms with van der Waals surface area (Å²) >= 11 is 0. The van der Waals surface area contributed by atoms with Gasteiger partial charge in [-0.2, -0.15) is 0 Å². The van der Waals surface area contributed by atoms with Crippen molar-refractivity contribution in [3.05, 3.63) is 11.6 Å². The van der Waals surface area contributed by atoms with E-state index in [2.05, 4.69) is 54.5 Å². The molecule has 0 amide bonds. The lowest BCUT2D eigenvalue weighted by atomic mass is 9.33. The molecule has 570 valence electrons. The van der Waals surface area contributed by atoms with Gasteiger partial charge in [0.2, 0.25) is 6.29 Å². The highest BCUT2D eigenvalue weighted by Gasteiger charge is 2.71. The van der Waals surface area contributed by atoms with Gasteiger partial charge in [0.15, 0.2) is 37.6 Å². The smallest absolute Gasteiger partial charge is 0.315 e. The van der Waals surface area contributed by atoms with Crippen LogP contribution in [0.25, 0.3) is 0 Å². The first-order valence-electron chi connectivity index (χ1n) is 34.9. The van der Waals surface area contributed by atoms with E-state index in [0.29, 0.717) is 57.8 Å². The molecule has 20 N–H and O–H groups in total. The number of carbonyl (C=O) groups is 1. The summed E-state index contributed by atoms with van der Waals surface area (Å²) in [6, 6.07) is 0. The number of rotatable bonds is 18. The summed E-state index contributed by atoms with van der Waals surface area (Å²) < 4.78 is 73.0. The topological polar surface area (TPSA) is 532 Å². The Hall–Kier alpha value is -2.03. The minimum Gasteiger partial charge on any atom is -0.432 e. The quantitative estimate of drug-likeness (QED) is 0.0345. The zero-order valence-electron chi connectivity index (χ0n) is 56.8. The number of hydrogen-bond acceptors (Lipinski definition) is 33. The maximum atomic E-state index is 15.7. The highest BCUT2D eigenvalue weighted by Crippen LogP contribution is 2.76. The molecule has 11 rings (SSSR count). The monoisotopic (exact) mass is 1430 g/mol. The van der Waals surface area contributed by atoms with Crippen LogP contribution in [0.5, 0.6) is 0 Å². The molecule has 0 radical (unpaired) electrons. The van der Waals surface area contributed by atoms with Gasteiger partial charge < -0.3 is 159 Å². The fourth-order valence-electron chi connectivity index (χ4n) is 19.4. The van der Waals surface area contributed by atoms with Crippen LogP contribution in [-0.2, 0) is 61.6 Å². The van der Waals surface area contributed by atoms with Crippen molar-refractivity contribution in [1.29, 1.82) is 0 Å². The molecule has 0 aromatic rings. The van der Waals surface area contributed by atoms with Crippen molar-refractivity contribution in [3.8, 4) is 0 Å². The molecule has 10 fully saturated rings. The standard InChI is InChI=1S/C66H108O33/c1-61(2)14-16-66(60(87)99-59-53(47(84)41(78)32(24-72)93-59)98-58-52(46(83)40(77)31(23-71)92-58)96-55-49(86)43(80)37(74)28(20-68)89-55)17-15-64(6)25(26(66)18-61)8-9-34-63(5)12-11-35(62(3,4)33(63)10-13-65(34,64)7)94-56-50(44(81)38(75)29(21-69)90-56)97-57-51(45(82)39(76)30(22-70)91-57)95-54-48(85)42(79)36(73)27(19-67)88-54/h8,26-59,67-86H,9-24H2,1-7H3/t26-,27+,28+,29+,30+,31+,32+,33-,34+,35-,36+,37+,38+,39+,40+,41+,42-,43-,44-,45-,46-,47-,48-,49-,50-,51-,52-,53-,54+,55+,56+,57+,58+,59+,63-,64+,65+,66-/m0/s1. The van der Waals surface area contributed by atoms with E-state index in [9.17, 15) is 102 Å². The number of hydrogen-bond donors (Lipinski definition) is 20. The van der Waals surface area contributed by atoms with Gasteiger partial charge in [-0.05, 0) is 109 Å². The van der Waals surface area contributed by atoms with Crippen LogP contribution in [0, 0.1) is 50.2 Å². The molecule has 6 saturated heterocycles. The number of ether oxygens (including phenoxy) is 12. The van der Waals surface area contributed by atoms with Gasteiger partial charge in [0.25, 0.3) is 0 Å². The Morgan fingerprint density at radius 1 is 0.404 bits per heavy atom. The highest BCUT2D eigenvalue weighted by molar-refractivity contribution is 5.79. The van der Waals surface area contributed by atoms with Crippen molar-refractivity contribution >= 4 is 5.97 Å². The molecule has 0 aromatic heterocycles. The predicted molar refractivity (Wildman–Crippen MR) is 328 cm³/mol. The molecule has 38 atom stereocenters. The Kier molecular flexibility index (Phi) is 23.3. The summed E-state index contributed by atoms with van der Waals surface area (Å²) in [6.45, 7) is 10.4. The van der Waals surface area contributed by atoms with Gasteiger partial charge in [0.05, 0.1) is 51.2 Å². The van der Waals surface area contributed by atoms with E-state index in [-0.39, 0.29) is 28.1 Å². The van der Waals surface area contributed by atoms with Crippen LogP contribution in [0.15, 0.2) is 11.6 Å². The number of aliphatic hydroxyl groups is 20. The number of carbonyl (C=O) groups excluding carboxylic acids is 1. The van der Waals surface area contributed by atoms with Crippen LogP contribution < -0.4 is 0 Å². The van der Waals surface area contributed by atoms with E-state index in [1.807, 2.05) is 0 Å². The van der Waals surface area contributed by atoms with Gasteiger partial charge in [-0.3, -0.25) is 4.79 Å². The van der Waals surface area contributed by atoms with Crippen LogP contribution in [0.3, 0.4) is 0 Å². The normalized spacial score (nSPS) is 53.6. The van der Waals surface area contributed by atoms with Gasteiger partial charge in [0.1, 0.15) is 140 Å². The third-order valence-electron chi connectivity index (χ3n) is 25.7. The van der Waals surface area contributed by atoms with Gasteiger partial charge in [0, 0.05) is 0 Å². The zero-order chi connectivity index (χ0) is 72.3. The molecule has 6 aliphatic heterocycles. The minimum absolute atomic E-state index is 0.0302. The molecule has 0 aromatic carbocycles. The maximum absolute atomic E-state index is 15.7. The molecule has 0 unspecified atom stereocenters. The third kappa shape index (κ3) is 13.5. The third-order valence-corrected chi connectivity index (χ3v) is 25.7. The first-order valence-corrected chi connectivity index (χ1v) is 34.9. The number of allylic oxidation sites excluding steroid dienone is 2. The Labute approximate surface area is 572 Å². The molecule has 33 nitrogen and oxygen atoms in total. The molecule has 4 saturated carbocycles. The van der Waals surface area contributed by atoms with Crippen molar-refractivity contribution in [3.63, 3.8) is 0 Å². The van der Waals surface area contributed by atoms with Crippen molar-refractivity contribution in [1.82, 2.24) is 0 Å². The summed E-state index contributed by atoms with van der Waals surface area (Å²) in [4.78, 5) is 15.7. The Balaban J connectivity index is 0.839. The molecule has 11 aliphatic rings. The van der Waals surface area contributed by atoms with Gasteiger partial charge >= 0.3 is 5.97 Å². The lowest BCUT2D eigenvalue weighted by Gasteiger charge is -2.71. The van der Waals surface area contributed by atoms with E-state index in [1.54, 1.807) is 0 Å². The number of fused-ring (bicyclic) bond motifs is 7. The van der Waals surface area contributed by atoms with E-state index >= 15 is 4.79 Å². The zero-order valence-corrected chi connectivity index (χ0v) is 56.8. The molecule has 0 spiro atoms. The summed E-state index contributed by atoms with van der Waals surface area (Å²) in [5.74, 6) is -1.08. The van der Waals surface area contributed by atoms with Crippen LogP contribution >= 0.6 is 0 Å². The largest absolute Gasteiger partial charge is 0.432 e. The van der Waals surface area contributed by atoms with Gasteiger partial charge in [-0.1, -0.05) is 60.1 Å². The minimum atomic E-state index is -2.03. The molecule has 5 aliphatic carbocycles. The fraction of sp³-hybridized carbons (Fsp3) is 0.955. The van der Waals surface area contributed by atoms with E-state index in [0.717, 1.165) is 12.0 Å². The Morgan fingerprint density at radius 3 is 1.19 bits per heavy atom. The average molecular weight is 1430 g/mol. The summed E-state index contributed by atoms with van der Waals surface area (Å²) in [6.07, 6.45) is -47.1. The van der Waals surface area contributed by atoms with Crippen LogP contribution in [0.4, 0.5) is 0 Å². The lowest BCUT2D eigenvalue weighted by Crippen LogP contribution is -2.68. The van der Waals surface area contributed by atoms with E-state index in [1.165, 1.54) is 0 Å². The Bertz CT molecular complexity index is 2770. The highest BCUT2D eigenvalue weighted by atomic mass is 16.8. The van der Waals surface area contributed by atoms with Crippen molar-refractivity contribution in [2.24, 2.45) is 50.2 Å². The molecular weight excluding hydrogens is 1320 g/mol. The second kappa shape index (κ2) is 29.6. The molecule has 6 heterocycles. The average Bonchev–Trinajstić information content (AvgIpc) is 0.675. The van der Waals surface area contributed by atoms with E-state index in [4.69, 9.17) is 56.8 Å². The maximum Gasteiger partial charge on any atom is 0.315 e. The van der Waals surface area contributed by atoms with Crippen molar-refractivity contribution in [2.45, 2.75) is 303 Å². The van der Waals surface area contributed by atoms with Crippen molar-refractivity contribution < 1.29 is 164 Å². The molecule has 33 heteroatoms. The first kappa shape index (κ1) is 78.1. The van der Waals surface area contributed by atoms with Crippen molar-refractivity contribution in [2.75, 3.05) is 39.6 Å². The molecule has 0 bridgehead atoms. The Morgan fingerprint density at radius 2 is 0.768 bits per heavy atom. The second-order valence-corrected chi connectivity index (χ2v) is 31.9. The SMILES string of the molecule is CC1(C)CC[C@]2(C(=O)O[C@H]3O[C@H](CO)[C@@H](O)[C@H](O)[C@@H]3O[C@H]3O[C@H](CO)[C@@H](O)[C@H](O)[C@@H]3O[C@H]3O[C@H](CO)[C@@H](O)[C@H](O)[C@@H]3O)CC[C@]3(C)C(=CC[C@@H]4[C@@]5(C)CC[C@H](O[C@H]6O[C@H](CO)[C@@H](O)[C@H](O)[C@@H]6O[C@H]6O[C@H](CO)[C@@H](O)[C@H](O)[C@@H]6O[C@H]6O[C@H](CO)[C@@H](O)[C@H](O)[C@@H]6O)C(C)(C)[C@@H]5CC[C@]43C)[C@@H]2C1. The first-order chi connectivity index (χ1) is 46.6. The number of aliphatic hydroxyl groups excluding tert-OH is 20. The predicted octanol–water partition coefficient (Wildman–Crippen LogP) is -6.39. The summed E-state index contributed by atoms with van der Waals surface area (Å²) in [5.41, 5.74) is -2.27. The van der Waals surface area contributed by atoms with Gasteiger partial charge in [-0.15, -0.1) is 0 Å². The molecular formula is C66H108O33. The van der Waals surface area contributed by atoms with Crippen LogP contribution in [0.1, 0.15) is 113 Å². The molecule has 99 heavy (non-hydrogen) atoms. The summed E-state index contributed by atoms with van der Waals surface area (Å²) in [7, 11) is 0. The van der Waals surface area contributed by atoms with Crippen LogP contribution in [-0.4, -0.2) is 338 Å². The number of esters is 1. The van der Waals surface area contributed by atoms with E-state index < -0.39 is 258 Å². The lowest BCUT2D eigenvalue weighted by molar-refractivity contribution is -0.398. The van der Waals surface area contributed by atoms with Gasteiger partial charge in [-0.25, -0.2) is 0 Å². The van der Waals surface area contributed by atoms with Crippen LogP contribution in [0.2, 0.25) is 0 Å². The summed E-state index contributed by atoms with van der Waals surface area (Å²) in [5, 5.41) is 217.